The molecule has 2 heteroatoms. The largest absolute Gasteiger partial charge is 0.583 e. The highest BCUT2D eigenvalue weighted by Gasteiger charge is 1.90. The van der Waals surface area contributed by atoms with Gasteiger partial charge < -0.3 is 9.47 Å². The van der Waals surface area contributed by atoms with Crippen molar-refractivity contribution in [3.8, 4) is 0 Å². The van der Waals surface area contributed by atoms with Crippen LogP contribution in [0.3, 0.4) is 0 Å². The van der Waals surface area contributed by atoms with Crippen LogP contribution in [0.4, 0.5) is 0 Å². The second-order valence-corrected chi connectivity index (χ2v) is 1.06. The molecular formula is C4H7O2+. The Kier molecular flexibility index (Phi) is 0.998. The van der Waals surface area contributed by atoms with Gasteiger partial charge in [-0.05, 0) is 0 Å². The van der Waals surface area contributed by atoms with Crippen molar-refractivity contribution in [3.63, 3.8) is 0 Å². The van der Waals surface area contributed by atoms with E-state index in [2.05, 4.69) is 4.74 Å². The maximum atomic E-state index is 4.80. The van der Waals surface area contributed by atoms with Crippen molar-refractivity contribution >= 4 is 0 Å². The van der Waals surface area contributed by atoms with Crippen molar-refractivity contribution in [1.82, 2.24) is 0 Å². The van der Waals surface area contributed by atoms with Gasteiger partial charge in [-0.15, -0.1) is 0 Å². The minimum absolute atomic E-state index is 0.747. The van der Waals surface area contributed by atoms with Gasteiger partial charge in [0.25, 0.3) is 6.26 Å². The lowest BCUT2D eigenvalue weighted by Gasteiger charge is -2.02. The fraction of sp³-hybridized carbons (Fsp3) is 0.500. The predicted molar refractivity (Wildman–Crippen MR) is 22.2 cm³/mol. The summed E-state index contributed by atoms with van der Waals surface area (Å²) in [7, 11) is 0. The van der Waals surface area contributed by atoms with Crippen molar-refractivity contribution in [2.45, 2.75) is 0 Å². The van der Waals surface area contributed by atoms with Crippen LogP contribution >= 0.6 is 0 Å². The van der Waals surface area contributed by atoms with Gasteiger partial charge in [0, 0.05) is 0 Å². The normalized spacial score (nSPS) is 18.7. The first kappa shape index (κ1) is 3.53. The monoisotopic (exact) mass is 87.0 g/mol. The van der Waals surface area contributed by atoms with E-state index >= 15 is 0 Å². The van der Waals surface area contributed by atoms with Crippen LogP contribution in [-0.2, 0) is 4.74 Å². The summed E-state index contributed by atoms with van der Waals surface area (Å²) in [5.41, 5.74) is 0. The number of ether oxygens (including phenoxy) is 2. The zero-order valence-electron chi connectivity index (χ0n) is 3.42. The molecule has 6 heavy (non-hydrogen) atoms. The van der Waals surface area contributed by atoms with E-state index in [0.29, 0.717) is 0 Å². The van der Waals surface area contributed by atoms with Crippen LogP contribution in [0.2, 0.25) is 0 Å². The fourth-order valence-electron chi connectivity index (χ4n) is 0.334. The van der Waals surface area contributed by atoms with Crippen LogP contribution in [0.1, 0.15) is 0 Å². The summed E-state index contributed by atoms with van der Waals surface area (Å²) < 4.78 is 8.67. The molecule has 0 radical (unpaired) electrons. The molecule has 1 heterocycles. The Hall–Kier alpha value is -0.660. The Balaban J connectivity index is 2.26. The molecule has 1 rings (SSSR count). The standard InChI is InChI=1S/C4H6O2/c1-2-6-4-3-5-1/h1-2H,3-4H2/p+1. The van der Waals surface area contributed by atoms with Crippen molar-refractivity contribution in [2.24, 2.45) is 0 Å². The highest BCUT2D eigenvalue weighted by atomic mass is 16.5. The molecule has 34 valence electrons. The van der Waals surface area contributed by atoms with E-state index in [-0.39, 0.29) is 0 Å². The number of aliphatic hydroxyl groups is 2. The summed E-state index contributed by atoms with van der Waals surface area (Å²) in [5.74, 6) is 0. The Morgan fingerprint density at radius 1 is 1.67 bits per heavy atom. The predicted octanol–water partition coefficient (Wildman–Crippen LogP) is 0.0158. The highest BCUT2D eigenvalue weighted by molar-refractivity contribution is 4.62. The summed E-state index contributed by atoms with van der Waals surface area (Å²) in [6, 6.07) is 0. The van der Waals surface area contributed by atoms with Gasteiger partial charge in [0.15, 0.2) is 12.9 Å². The molecule has 0 bridgehead atoms. The van der Waals surface area contributed by atoms with E-state index in [0.717, 1.165) is 13.2 Å². The van der Waals surface area contributed by atoms with Crippen molar-refractivity contribution in [1.29, 1.82) is 0 Å². The summed E-state index contributed by atoms with van der Waals surface area (Å²) in [6.45, 7) is 1.56. The van der Waals surface area contributed by atoms with Crippen LogP contribution in [0.5, 0.6) is 0 Å². The van der Waals surface area contributed by atoms with E-state index in [9.17, 15) is 0 Å². The molecule has 1 aliphatic rings. The molecule has 0 saturated heterocycles. The van der Waals surface area contributed by atoms with Crippen molar-refractivity contribution in [2.75, 3.05) is 13.2 Å². The zero-order chi connectivity index (χ0) is 4.24. The van der Waals surface area contributed by atoms with Gasteiger partial charge in [0.05, 0.1) is 0 Å². The molecule has 1 N–H and O–H groups in total. The molecular weight excluding hydrogens is 80.0 g/mol. The first-order valence-corrected chi connectivity index (χ1v) is 1.93. The average molecular weight is 87.1 g/mol. The van der Waals surface area contributed by atoms with Crippen molar-refractivity contribution in [3.05, 3.63) is 12.5 Å². The van der Waals surface area contributed by atoms with E-state index in [4.69, 9.17) is 4.74 Å². The van der Waals surface area contributed by atoms with Crippen molar-refractivity contribution < 1.29 is 9.47 Å². The Morgan fingerprint density at radius 3 is 2.83 bits per heavy atom. The summed E-state index contributed by atoms with van der Waals surface area (Å²) in [5, 5.41) is 0. The van der Waals surface area contributed by atoms with E-state index in [1.165, 1.54) is 0 Å². The molecule has 0 aliphatic carbocycles. The lowest BCUT2D eigenvalue weighted by Crippen LogP contribution is -2.04. The zero-order valence-corrected chi connectivity index (χ0v) is 3.42. The van der Waals surface area contributed by atoms with Gasteiger partial charge in [0.2, 0.25) is 6.61 Å². The number of hydrogen-bond acceptors (Lipinski definition) is 1. The van der Waals surface area contributed by atoms with Crippen LogP contribution in [0.15, 0.2) is 12.5 Å². The smallest absolute Gasteiger partial charge is 0.252 e. The summed E-state index contributed by atoms with van der Waals surface area (Å²) in [4.78, 5) is 0. The van der Waals surface area contributed by atoms with Crippen LogP contribution in [0.25, 0.3) is 0 Å². The number of rotatable bonds is 0. The third-order valence-corrected chi connectivity index (χ3v) is 0.601. The summed E-state index contributed by atoms with van der Waals surface area (Å²) in [6.07, 6.45) is 3.27. The van der Waals surface area contributed by atoms with Gasteiger partial charge >= 0.3 is 0 Å². The molecule has 0 atom stereocenters. The molecule has 0 amide bonds. The highest BCUT2D eigenvalue weighted by Crippen LogP contribution is 1.83. The molecule has 0 aromatic heterocycles. The van der Waals surface area contributed by atoms with E-state index in [1.807, 2.05) is 0 Å². The topological polar surface area (TPSA) is 22.0 Å². The fourth-order valence-corrected chi connectivity index (χ4v) is 0.334. The number of hydrogen-bond donors (Lipinski definition) is 0. The molecule has 2 nitrogen and oxygen atoms in total. The minimum Gasteiger partial charge on any atom is -0.583 e. The molecule has 0 aromatic rings. The Labute approximate surface area is 36.4 Å². The maximum Gasteiger partial charge on any atom is 0.252 e. The SMILES string of the molecule is C1=C[OH+]CCO1. The first-order chi connectivity index (χ1) is 3.00. The first-order valence-electron chi connectivity index (χ1n) is 1.93. The van der Waals surface area contributed by atoms with E-state index < -0.39 is 0 Å². The Bertz CT molecular complexity index is 50.6. The quantitative estimate of drug-likeness (QED) is 0.382. The lowest BCUT2D eigenvalue weighted by atomic mass is 10.7. The third kappa shape index (κ3) is 0.641. The van der Waals surface area contributed by atoms with Gasteiger partial charge in [-0.3, -0.25) is 0 Å². The van der Waals surface area contributed by atoms with Gasteiger partial charge in [0.1, 0.15) is 0 Å². The molecule has 1 aliphatic heterocycles. The molecule has 0 spiro atoms. The van der Waals surface area contributed by atoms with Crippen LogP contribution < -0.4 is 0 Å². The van der Waals surface area contributed by atoms with Crippen LogP contribution in [0, 0.1) is 0 Å². The third-order valence-electron chi connectivity index (χ3n) is 0.601. The summed E-state index contributed by atoms with van der Waals surface area (Å²) >= 11 is 0. The maximum absolute atomic E-state index is 4.80. The second kappa shape index (κ2) is 1.70. The van der Waals surface area contributed by atoms with Gasteiger partial charge in [-0.25, -0.2) is 0 Å². The lowest BCUT2D eigenvalue weighted by molar-refractivity contribution is -0.00609. The molecule has 0 fully saturated rings. The molecule has 0 saturated carbocycles. The molecule has 0 unspecified atom stereocenters. The van der Waals surface area contributed by atoms with Crippen LogP contribution in [-0.4, -0.2) is 18.0 Å². The Morgan fingerprint density at radius 2 is 2.67 bits per heavy atom. The second-order valence-electron chi connectivity index (χ2n) is 1.06. The minimum atomic E-state index is 0.747. The van der Waals surface area contributed by atoms with E-state index in [1.54, 1.807) is 12.5 Å². The molecule has 0 aromatic carbocycles. The average Bonchev–Trinajstić information content (AvgIpc) is 1.72. The van der Waals surface area contributed by atoms with Gasteiger partial charge in [-0.1, -0.05) is 0 Å². The van der Waals surface area contributed by atoms with Gasteiger partial charge in [-0.2, -0.15) is 0 Å².